The molecule has 1 saturated heterocycles. The van der Waals surface area contributed by atoms with Crippen LogP contribution in [0.25, 0.3) is 5.69 Å². The lowest BCUT2D eigenvalue weighted by Gasteiger charge is -2.36. The van der Waals surface area contributed by atoms with Crippen molar-refractivity contribution in [2.45, 2.75) is 6.92 Å². The van der Waals surface area contributed by atoms with Crippen LogP contribution in [0.5, 0.6) is 5.75 Å². The van der Waals surface area contributed by atoms with E-state index in [9.17, 15) is 14.4 Å². The zero-order valence-corrected chi connectivity index (χ0v) is 18.9. The standard InChI is InChI=1S/C25H26N4O5/c1-2-33-25(32)24-21(17-22(30)29(26-24)20-11-7-4-8-12-20)34-18-23(31)28-15-13-27(14-16-28)19-9-5-3-6-10-19/h3-12,17H,2,13-16,18H2,1H3. The van der Waals surface area contributed by atoms with Crippen LogP contribution >= 0.6 is 0 Å². The number of amides is 1. The fourth-order valence-electron chi connectivity index (χ4n) is 3.73. The highest BCUT2D eigenvalue weighted by Crippen LogP contribution is 2.18. The van der Waals surface area contributed by atoms with Crippen LogP contribution in [0.1, 0.15) is 17.4 Å². The molecule has 0 aliphatic carbocycles. The molecule has 0 bridgehead atoms. The average Bonchev–Trinajstić information content (AvgIpc) is 2.88. The van der Waals surface area contributed by atoms with Gasteiger partial charge in [-0.05, 0) is 31.2 Å². The summed E-state index contributed by atoms with van der Waals surface area (Å²) < 4.78 is 11.8. The maximum Gasteiger partial charge on any atom is 0.362 e. The SMILES string of the molecule is CCOC(=O)c1nn(-c2ccccc2)c(=O)cc1OCC(=O)N1CCN(c2ccccc2)CC1. The molecule has 2 aromatic carbocycles. The minimum absolute atomic E-state index is 0.0769. The maximum absolute atomic E-state index is 12.8. The Bertz CT molecular complexity index is 1190. The number of aromatic nitrogens is 2. The first-order chi connectivity index (χ1) is 16.6. The topological polar surface area (TPSA) is 94.0 Å². The molecular formula is C25H26N4O5. The first-order valence-corrected chi connectivity index (χ1v) is 11.1. The monoisotopic (exact) mass is 462 g/mol. The lowest BCUT2D eigenvalue weighted by Crippen LogP contribution is -2.50. The number of carbonyl (C=O) groups excluding carboxylic acids is 2. The van der Waals surface area contributed by atoms with Crippen molar-refractivity contribution in [3.8, 4) is 11.4 Å². The maximum atomic E-state index is 12.8. The fraction of sp³-hybridized carbons (Fsp3) is 0.280. The van der Waals surface area contributed by atoms with Gasteiger partial charge in [-0.2, -0.15) is 9.78 Å². The molecule has 1 aromatic heterocycles. The van der Waals surface area contributed by atoms with Gasteiger partial charge in [0.1, 0.15) is 0 Å². The third kappa shape index (κ3) is 5.25. The highest BCUT2D eigenvalue weighted by Gasteiger charge is 2.24. The molecule has 9 nitrogen and oxygen atoms in total. The smallest absolute Gasteiger partial charge is 0.362 e. The molecule has 34 heavy (non-hydrogen) atoms. The Kier molecular flexibility index (Phi) is 7.22. The van der Waals surface area contributed by atoms with E-state index in [0.717, 1.165) is 16.4 Å². The molecule has 1 fully saturated rings. The Morgan fingerprint density at radius 1 is 0.912 bits per heavy atom. The van der Waals surface area contributed by atoms with Gasteiger partial charge in [0.05, 0.1) is 18.4 Å². The number of rotatable bonds is 7. The van der Waals surface area contributed by atoms with Gasteiger partial charge in [0.25, 0.3) is 11.5 Å². The summed E-state index contributed by atoms with van der Waals surface area (Å²) in [5.74, 6) is -1.03. The van der Waals surface area contributed by atoms with Crippen LogP contribution in [0, 0.1) is 0 Å². The molecule has 0 atom stereocenters. The van der Waals surface area contributed by atoms with E-state index >= 15 is 0 Å². The lowest BCUT2D eigenvalue weighted by atomic mass is 10.2. The van der Waals surface area contributed by atoms with Crippen molar-refractivity contribution in [1.82, 2.24) is 14.7 Å². The van der Waals surface area contributed by atoms with Crippen molar-refractivity contribution in [1.29, 1.82) is 0 Å². The molecule has 4 rings (SSSR count). The van der Waals surface area contributed by atoms with Crippen molar-refractivity contribution < 1.29 is 19.1 Å². The van der Waals surface area contributed by atoms with Gasteiger partial charge in [-0.1, -0.05) is 36.4 Å². The summed E-state index contributed by atoms with van der Waals surface area (Å²) in [5.41, 5.74) is 0.970. The minimum Gasteiger partial charge on any atom is -0.481 e. The molecular weight excluding hydrogens is 436 g/mol. The molecule has 0 saturated carbocycles. The summed E-state index contributed by atoms with van der Waals surface area (Å²) in [6.45, 7) is 4.01. The van der Waals surface area contributed by atoms with Crippen LogP contribution in [-0.4, -0.2) is 65.9 Å². The number of esters is 1. The number of para-hydroxylation sites is 2. The molecule has 0 unspecified atom stereocenters. The molecule has 1 aliphatic heterocycles. The Morgan fingerprint density at radius 2 is 1.53 bits per heavy atom. The van der Waals surface area contributed by atoms with Crippen LogP contribution in [0.15, 0.2) is 71.5 Å². The zero-order valence-electron chi connectivity index (χ0n) is 18.9. The number of hydrogen-bond acceptors (Lipinski definition) is 7. The van der Waals surface area contributed by atoms with Gasteiger partial charge < -0.3 is 19.3 Å². The third-order valence-electron chi connectivity index (χ3n) is 5.47. The summed E-state index contributed by atoms with van der Waals surface area (Å²) in [6, 6.07) is 19.9. The first-order valence-electron chi connectivity index (χ1n) is 11.1. The average molecular weight is 463 g/mol. The van der Waals surface area contributed by atoms with E-state index < -0.39 is 11.5 Å². The number of benzene rings is 2. The van der Waals surface area contributed by atoms with Gasteiger partial charge >= 0.3 is 5.97 Å². The van der Waals surface area contributed by atoms with E-state index in [1.54, 1.807) is 36.1 Å². The van der Waals surface area contributed by atoms with Gasteiger partial charge in [0, 0.05) is 31.9 Å². The van der Waals surface area contributed by atoms with Crippen LogP contribution in [0.4, 0.5) is 5.69 Å². The lowest BCUT2D eigenvalue weighted by molar-refractivity contribution is -0.133. The van der Waals surface area contributed by atoms with E-state index in [4.69, 9.17) is 9.47 Å². The molecule has 0 N–H and O–H groups in total. The summed E-state index contributed by atoms with van der Waals surface area (Å²) in [5, 5.41) is 4.17. The fourth-order valence-corrected chi connectivity index (χ4v) is 3.73. The molecule has 1 amide bonds. The van der Waals surface area contributed by atoms with Crippen LogP contribution in [0.3, 0.4) is 0 Å². The highest BCUT2D eigenvalue weighted by atomic mass is 16.5. The molecule has 176 valence electrons. The second-order valence-corrected chi connectivity index (χ2v) is 7.66. The predicted molar refractivity (Wildman–Crippen MR) is 127 cm³/mol. The van der Waals surface area contributed by atoms with Crippen molar-refractivity contribution >= 4 is 17.6 Å². The third-order valence-corrected chi connectivity index (χ3v) is 5.47. The molecule has 3 aromatic rings. The minimum atomic E-state index is -0.730. The normalized spacial score (nSPS) is 13.4. The van der Waals surface area contributed by atoms with Crippen molar-refractivity contribution in [3.05, 3.63) is 82.8 Å². The first kappa shape index (κ1) is 23.0. The summed E-state index contributed by atoms with van der Waals surface area (Å²) in [7, 11) is 0. The van der Waals surface area contributed by atoms with E-state index in [1.165, 1.54) is 0 Å². The van der Waals surface area contributed by atoms with Gasteiger partial charge in [0.15, 0.2) is 12.4 Å². The quantitative estimate of drug-likeness (QED) is 0.497. The number of carbonyl (C=O) groups is 2. The second-order valence-electron chi connectivity index (χ2n) is 7.66. The predicted octanol–water partition coefficient (Wildman–Crippen LogP) is 2.14. The molecule has 0 spiro atoms. The van der Waals surface area contributed by atoms with Crippen molar-refractivity contribution in [3.63, 3.8) is 0 Å². The Balaban J connectivity index is 1.45. The Morgan fingerprint density at radius 3 is 2.15 bits per heavy atom. The number of hydrogen-bond donors (Lipinski definition) is 0. The number of piperazine rings is 1. The Hall–Kier alpha value is -4.14. The molecule has 1 aliphatic rings. The molecule has 9 heteroatoms. The number of anilines is 1. The number of nitrogens with zero attached hydrogens (tertiary/aromatic N) is 4. The molecule has 0 radical (unpaired) electrons. The summed E-state index contributed by atoms with van der Waals surface area (Å²) in [4.78, 5) is 41.8. The second kappa shape index (κ2) is 10.7. The largest absolute Gasteiger partial charge is 0.481 e. The van der Waals surface area contributed by atoms with Crippen molar-refractivity contribution in [2.24, 2.45) is 0 Å². The van der Waals surface area contributed by atoms with E-state index in [1.807, 2.05) is 36.4 Å². The van der Waals surface area contributed by atoms with Crippen LogP contribution in [-0.2, 0) is 9.53 Å². The van der Waals surface area contributed by atoms with Crippen molar-refractivity contribution in [2.75, 3.05) is 44.3 Å². The zero-order chi connectivity index (χ0) is 23.9. The summed E-state index contributed by atoms with van der Waals surface area (Å²) >= 11 is 0. The number of ether oxygens (including phenoxy) is 2. The molecule has 2 heterocycles. The van der Waals surface area contributed by atoms with Gasteiger partial charge in [-0.25, -0.2) is 4.79 Å². The van der Waals surface area contributed by atoms with Crippen LogP contribution < -0.4 is 15.2 Å². The van der Waals surface area contributed by atoms with Gasteiger partial charge in [0.2, 0.25) is 5.69 Å². The van der Waals surface area contributed by atoms with E-state index in [2.05, 4.69) is 10.00 Å². The van der Waals surface area contributed by atoms with Crippen LogP contribution in [0.2, 0.25) is 0 Å². The van der Waals surface area contributed by atoms with Gasteiger partial charge in [-0.3, -0.25) is 9.59 Å². The summed E-state index contributed by atoms with van der Waals surface area (Å²) in [6.07, 6.45) is 0. The highest BCUT2D eigenvalue weighted by molar-refractivity contribution is 5.90. The Labute approximate surface area is 197 Å². The van der Waals surface area contributed by atoms with E-state index in [0.29, 0.717) is 31.9 Å². The van der Waals surface area contributed by atoms with Gasteiger partial charge in [-0.15, -0.1) is 0 Å². The van der Waals surface area contributed by atoms with E-state index in [-0.39, 0.29) is 30.6 Å².